The molecule has 0 spiro atoms. The molecular weight excluding hydrogens is 382 g/mol. The van der Waals surface area contributed by atoms with Crippen LogP contribution in [0.5, 0.6) is 5.75 Å². The summed E-state index contributed by atoms with van der Waals surface area (Å²) in [7, 11) is 0. The summed E-state index contributed by atoms with van der Waals surface area (Å²) < 4.78 is 12.6. The molecule has 8 nitrogen and oxygen atoms in total. The van der Waals surface area contributed by atoms with Crippen LogP contribution in [0.15, 0.2) is 95.2 Å². The van der Waals surface area contributed by atoms with Gasteiger partial charge in [0.2, 0.25) is 5.91 Å². The minimum atomic E-state index is -0.243. The number of carbonyl (C=O) groups is 1. The molecule has 30 heavy (non-hydrogen) atoms. The van der Waals surface area contributed by atoms with Crippen LogP contribution in [0.25, 0.3) is 0 Å². The Kier molecular flexibility index (Phi) is 7.73. The molecule has 1 unspecified atom stereocenters. The number of aliphatic imine (C=N–C) groups is 2. The van der Waals surface area contributed by atoms with Crippen molar-refractivity contribution in [2.45, 2.75) is 12.5 Å². The van der Waals surface area contributed by atoms with E-state index in [9.17, 15) is 4.79 Å². The molecule has 0 saturated heterocycles. The number of hydrogen-bond donors (Lipinski definition) is 1. The molecule has 2 aromatic rings. The topological polar surface area (TPSA) is 90.1 Å². The third kappa shape index (κ3) is 6.59. The minimum Gasteiger partial charge on any atom is -0.493 e. The van der Waals surface area contributed by atoms with Gasteiger partial charge in [0, 0.05) is 18.5 Å². The summed E-state index contributed by atoms with van der Waals surface area (Å²) in [6.07, 6.45) is 12.3. The van der Waals surface area contributed by atoms with Gasteiger partial charge in [-0.25, -0.2) is 9.67 Å². The zero-order valence-electron chi connectivity index (χ0n) is 16.4. The van der Waals surface area contributed by atoms with Crippen LogP contribution in [0.3, 0.4) is 0 Å². The van der Waals surface area contributed by atoms with Crippen molar-refractivity contribution in [3.05, 3.63) is 85.2 Å². The lowest BCUT2D eigenvalue weighted by Gasteiger charge is -2.13. The first kappa shape index (κ1) is 20.8. The largest absolute Gasteiger partial charge is 0.493 e. The summed E-state index contributed by atoms with van der Waals surface area (Å²) in [5, 5.41) is 6.92. The van der Waals surface area contributed by atoms with Gasteiger partial charge in [-0.2, -0.15) is 5.10 Å². The summed E-state index contributed by atoms with van der Waals surface area (Å²) in [5.74, 6) is 1.24. The van der Waals surface area contributed by atoms with E-state index in [1.807, 2.05) is 48.6 Å². The van der Waals surface area contributed by atoms with E-state index in [1.54, 1.807) is 35.5 Å². The van der Waals surface area contributed by atoms with E-state index in [0.717, 1.165) is 0 Å². The Balaban J connectivity index is 1.61. The van der Waals surface area contributed by atoms with Crippen molar-refractivity contribution < 1.29 is 14.3 Å². The molecule has 0 fully saturated rings. The Bertz CT molecular complexity index is 946. The smallest absolute Gasteiger partial charge is 0.228 e. The number of para-hydroxylation sites is 1. The Hall–Kier alpha value is -3.94. The van der Waals surface area contributed by atoms with Crippen molar-refractivity contribution in [3.8, 4) is 5.75 Å². The van der Waals surface area contributed by atoms with Gasteiger partial charge in [0.05, 0.1) is 25.8 Å². The first-order valence-electron chi connectivity index (χ1n) is 9.44. The van der Waals surface area contributed by atoms with Gasteiger partial charge in [0.15, 0.2) is 5.84 Å². The van der Waals surface area contributed by atoms with Gasteiger partial charge in [0.1, 0.15) is 17.7 Å². The van der Waals surface area contributed by atoms with E-state index in [2.05, 4.69) is 27.1 Å². The average molecular weight is 405 g/mol. The third-order valence-corrected chi connectivity index (χ3v) is 3.99. The normalized spacial score (nSPS) is 16.1. The monoisotopic (exact) mass is 405 g/mol. The van der Waals surface area contributed by atoms with Gasteiger partial charge in [-0.15, -0.1) is 0 Å². The fourth-order valence-electron chi connectivity index (χ4n) is 2.53. The number of aromatic nitrogens is 2. The summed E-state index contributed by atoms with van der Waals surface area (Å²) in [6.45, 7) is 4.17. The molecule has 1 aromatic carbocycles. The lowest BCUT2D eigenvalue weighted by molar-refractivity contribution is -0.120. The number of rotatable bonds is 9. The predicted octanol–water partition coefficient (Wildman–Crippen LogP) is 2.73. The Morgan fingerprint density at radius 3 is 2.87 bits per heavy atom. The van der Waals surface area contributed by atoms with E-state index in [1.165, 1.54) is 0 Å². The van der Waals surface area contributed by atoms with Crippen molar-refractivity contribution in [2.75, 3.05) is 13.2 Å². The van der Waals surface area contributed by atoms with E-state index in [0.29, 0.717) is 18.1 Å². The van der Waals surface area contributed by atoms with Crippen molar-refractivity contribution in [2.24, 2.45) is 9.98 Å². The van der Waals surface area contributed by atoms with Crippen LogP contribution in [0.1, 0.15) is 6.42 Å². The molecule has 0 bridgehead atoms. The van der Waals surface area contributed by atoms with Crippen molar-refractivity contribution >= 4 is 18.5 Å². The average Bonchev–Trinajstić information content (AvgIpc) is 3.32. The Labute approximate surface area is 174 Å². The van der Waals surface area contributed by atoms with Crippen LogP contribution < -0.4 is 10.1 Å². The van der Waals surface area contributed by atoms with Crippen molar-refractivity contribution in [1.29, 1.82) is 0 Å². The van der Waals surface area contributed by atoms with Crippen LogP contribution in [-0.4, -0.2) is 47.5 Å². The molecule has 8 heteroatoms. The van der Waals surface area contributed by atoms with Gasteiger partial charge in [0.25, 0.3) is 0 Å². The lowest BCUT2D eigenvalue weighted by Crippen LogP contribution is -2.25. The van der Waals surface area contributed by atoms with Gasteiger partial charge in [-0.1, -0.05) is 24.3 Å². The Morgan fingerprint density at radius 1 is 1.30 bits per heavy atom. The molecular formula is C22H23N5O3. The third-order valence-electron chi connectivity index (χ3n) is 3.99. The lowest BCUT2D eigenvalue weighted by atomic mass is 10.3. The summed E-state index contributed by atoms with van der Waals surface area (Å²) in [5.41, 5.74) is 0. The van der Waals surface area contributed by atoms with Crippen LogP contribution >= 0.6 is 0 Å². The number of allylic oxidation sites excluding steroid dienone is 3. The summed E-state index contributed by atoms with van der Waals surface area (Å²) in [4.78, 5) is 20.7. The maximum Gasteiger partial charge on any atom is 0.228 e. The fraction of sp³-hybridized carbons (Fsp3) is 0.182. The maximum absolute atomic E-state index is 12.3. The van der Waals surface area contributed by atoms with E-state index in [4.69, 9.17) is 9.47 Å². The van der Waals surface area contributed by atoms with Crippen LogP contribution in [-0.2, 0) is 9.53 Å². The molecule has 1 aliphatic rings. The minimum absolute atomic E-state index is 0.168. The van der Waals surface area contributed by atoms with Crippen LogP contribution in [0, 0.1) is 0 Å². The molecule has 1 aliphatic heterocycles. The van der Waals surface area contributed by atoms with Gasteiger partial charge in [-0.05, 0) is 37.1 Å². The highest BCUT2D eigenvalue weighted by Gasteiger charge is 2.10. The molecule has 154 valence electrons. The van der Waals surface area contributed by atoms with Gasteiger partial charge < -0.3 is 14.8 Å². The Morgan fingerprint density at radius 2 is 2.17 bits per heavy atom. The molecule has 3 rings (SSSR count). The van der Waals surface area contributed by atoms with Gasteiger partial charge >= 0.3 is 0 Å². The highest BCUT2D eigenvalue weighted by Crippen LogP contribution is 2.08. The zero-order valence-corrected chi connectivity index (χ0v) is 16.4. The molecule has 1 N–H and O–H groups in total. The van der Waals surface area contributed by atoms with Crippen LogP contribution in [0.4, 0.5) is 0 Å². The van der Waals surface area contributed by atoms with Gasteiger partial charge in [-0.3, -0.25) is 9.79 Å². The molecule has 1 aromatic heterocycles. The number of ether oxygens (including phenoxy) is 2. The number of hydrogen-bond acceptors (Lipinski definition) is 6. The maximum atomic E-state index is 12.3. The quantitative estimate of drug-likeness (QED) is 0.513. The van der Waals surface area contributed by atoms with E-state index in [-0.39, 0.29) is 30.9 Å². The number of amides is 1. The molecule has 0 aliphatic carbocycles. The second kappa shape index (κ2) is 11.2. The first-order valence-corrected chi connectivity index (χ1v) is 9.44. The predicted molar refractivity (Wildman–Crippen MR) is 115 cm³/mol. The molecule has 1 amide bonds. The van der Waals surface area contributed by atoms with Crippen molar-refractivity contribution in [1.82, 2.24) is 15.1 Å². The molecule has 0 saturated carbocycles. The molecule has 0 radical (unpaired) electrons. The zero-order chi connectivity index (χ0) is 21.0. The van der Waals surface area contributed by atoms with Crippen LogP contribution in [0.2, 0.25) is 0 Å². The van der Waals surface area contributed by atoms with E-state index >= 15 is 0 Å². The first-order chi connectivity index (χ1) is 14.7. The SMILES string of the molecule is C=N/C(=C\C(=NCC1C=CC=CO1)n1cccn1)NC(=O)CCOc1ccccc1. The highest BCUT2D eigenvalue weighted by molar-refractivity contribution is 5.95. The number of benzene rings is 1. The molecule has 2 heterocycles. The fourth-order valence-corrected chi connectivity index (χ4v) is 2.53. The second-order valence-electron chi connectivity index (χ2n) is 6.18. The second-order valence-corrected chi connectivity index (χ2v) is 6.18. The standard InChI is InChI=1S/C22H23N5O3/c1-23-20(26-22(28)11-15-30-18-8-3-2-4-9-18)16-21(27-13-7-12-25-27)24-17-19-10-5-6-14-29-19/h2-10,12-14,16,19H,1,11,15,17H2,(H,26,28)/b20-16+,24-21?. The molecule has 1 atom stereocenters. The highest BCUT2D eigenvalue weighted by atomic mass is 16.5. The van der Waals surface area contributed by atoms with Crippen molar-refractivity contribution in [3.63, 3.8) is 0 Å². The number of nitrogens with zero attached hydrogens (tertiary/aromatic N) is 4. The summed E-state index contributed by atoms with van der Waals surface area (Å²) in [6, 6.07) is 11.1. The number of nitrogens with one attached hydrogen (secondary N) is 1. The van der Waals surface area contributed by atoms with E-state index < -0.39 is 0 Å². The summed E-state index contributed by atoms with van der Waals surface area (Å²) >= 11 is 0. The number of carbonyl (C=O) groups excluding carboxylic acids is 1.